The minimum absolute atomic E-state index is 0.0242. The highest BCUT2D eigenvalue weighted by atomic mass is 32.2. The Kier molecular flexibility index (Phi) is 3.25. The molecular weight excluding hydrogens is 256 g/mol. The van der Waals surface area contributed by atoms with E-state index in [1.807, 2.05) is 0 Å². The summed E-state index contributed by atoms with van der Waals surface area (Å²) in [6, 6.07) is 2.41. The molecule has 0 saturated carbocycles. The third-order valence-electron chi connectivity index (χ3n) is 2.93. The number of aryl methyl sites for hydroxylation is 1. The molecule has 6 nitrogen and oxygen atoms in total. The first kappa shape index (κ1) is 12.8. The Balaban J connectivity index is 2.09. The van der Waals surface area contributed by atoms with Crippen LogP contribution in [-0.2, 0) is 16.9 Å². The van der Waals surface area contributed by atoms with Gasteiger partial charge < -0.3 is 9.88 Å². The third kappa shape index (κ3) is 2.79. The van der Waals surface area contributed by atoms with Crippen LogP contribution in [0.15, 0.2) is 23.1 Å². The molecule has 1 N–H and O–H groups in total. The van der Waals surface area contributed by atoms with Gasteiger partial charge in [-0.25, -0.2) is 8.42 Å². The highest BCUT2D eigenvalue weighted by molar-refractivity contribution is 7.91. The van der Waals surface area contributed by atoms with Crippen molar-refractivity contribution in [2.45, 2.75) is 12.5 Å². The van der Waals surface area contributed by atoms with Gasteiger partial charge in [-0.1, -0.05) is 0 Å². The van der Waals surface area contributed by atoms with Crippen LogP contribution in [0.3, 0.4) is 0 Å². The molecule has 1 fully saturated rings. The Morgan fingerprint density at radius 2 is 2.22 bits per heavy atom. The second kappa shape index (κ2) is 4.56. The molecule has 1 amide bonds. The molecule has 1 aromatic heterocycles. The van der Waals surface area contributed by atoms with Crippen molar-refractivity contribution in [3.63, 3.8) is 0 Å². The maximum absolute atomic E-state index is 11.8. The van der Waals surface area contributed by atoms with Crippen LogP contribution in [0, 0.1) is 0 Å². The summed E-state index contributed by atoms with van der Waals surface area (Å²) in [7, 11) is -1.43. The Morgan fingerprint density at radius 3 is 2.78 bits per heavy atom. The fourth-order valence-corrected chi connectivity index (χ4v) is 3.54. The molecule has 1 aliphatic rings. The zero-order valence-corrected chi connectivity index (χ0v) is 10.7. The van der Waals surface area contributed by atoms with E-state index >= 15 is 0 Å². The lowest BCUT2D eigenvalue weighted by Gasteiger charge is -2.10. The van der Waals surface area contributed by atoms with Gasteiger partial charge in [-0.15, -0.1) is 0 Å². The number of carbonyl (C=O) groups is 1. The van der Waals surface area contributed by atoms with Crippen LogP contribution >= 0.6 is 0 Å². The summed E-state index contributed by atoms with van der Waals surface area (Å²) >= 11 is 0. The lowest BCUT2D eigenvalue weighted by Crippen LogP contribution is -2.36. The Morgan fingerprint density at radius 1 is 1.50 bits per heavy atom. The molecule has 7 heteroatoms. The van der Waals surface area contributed by atoms with Gasteiger partial charge in [0, 0.05) is 30.9 Å². The first-order valence-corrected chi connectivity index (χ1v) is 7.37. The second-order valence-electron chi connectivity index (χ2n) is 4.44. The molecule has 1 unspecified atom stereocenters. The zero-order chi connectivity index (χ0) is 13.3. The predicted molar refractivity (Wildman–Crippen MR) is 66.2 cm³/mol. The summed E-state index contributed by atoms with van der Waals surface area (Å²) < 4.78 is 23.9. The molecule has 98 valence electrons. The summed E-state index contributed by atoms with van der Waals surface area (Å²) in [5.41, 5.74) is -0.0240. The van der Waals surface area contributed by atoms with Crippen LogP contribution in [0.5, 0.6) is 0 Å². The number of nitrogens with one attached hydrogen (secondary N) is 1. The molecule has 0 spiro atoms. The number of amides is 1. The number of hydrogen-bond acceptors (Lipinski definition) is 4. The number of nitrogens with zero attached hydrogens (tertiary/aromatic N) is 1. The minimum atomic E-state index is -3.02. The van der Waals surface area contributed by atoms with Crippen molar-refractivity contribution in [1.82, 2.24) is 9.88 Å². The topological polar surface area (TPSA) is 85.2 Å². The van der Waals surface area contributed by atoms with Crippen LogP contribution < -0.4 is 10.9 Å². The SMILES string of the molecule is Cn1ccc(C(=O)NC2CCS(=O)(=O)C2)cc1=O. The highest BCUT2D eigenvalue weighted by Crippen LogP contribution is 2.11. The van der Waals surface area contributed by atoms with Crippen molar-refractivity contribution >= 4 is 15.7 Å². The maximum Gasteiger partial charge on any atom is 0.251 e. The fourth-order valence-electron chi connectivity index (χ4n) is 1.87. The number of sulfone groups is 1. The van der Waals surface area contributed by atoms with E-state index in [1.165, 1.54) is 22.9 Å². The lowest BCUT2D eigenvalue weighted by molar-refractivity contribution is 0.0941. The molecule has 0 aromatic carbocycles. The molecule has 2 heterocycles. The van der Waals surface area contributed by atoms with Gasteiger partial charge in [-0.3, -0.25) is 9.59 Å². The predicted octanol–water partition coefficient (Wildman–Crippen LogP) is -0.698. The Bertz CT molecular complexity index is 633. The summed E-state index contributed by atoms with van der Waals surface area (Å²) in [6.45, 7) is 0. The Labute approximate surface area is 105 Å². The summed E-state index contributed by atoms with van der Waals surface area (Å²) in [5, 5.41) is 2.63. The monoisotopic (exact) mass is 270 g/mol. The highest BCUT2D eigenvalue weighted by Gasteiger charge is 2.29. The van der Waals surface area contributed by atoms with Gasteiger partial charge in [0.2, 0.25) is 0 Å². The second-order valence-corrected chi connectivity index (χ2v) is 6.67. The van der Waals surface area contributed by atoms with Crippen LogP contribution in [0.1, 0.15) is 16.8 Å². The third-order valence-corrected chi connectivity index (χ3v) is 4.70. The molecule has 1 aliphatic heterocycles. The molecule has 2 rings (SSSR count). The van der Waals surface area contributed by atoms with E-state index in [4.69, 9.17) is 0 Å². The van der Waals surface area contributed by atoms with Gasteiger partial charge in [0.1, 0.15) is 0 Å². The summed E-state index contributed by atoms with van der Waals surface area (Å²) in [4.78, 5) is 23.2. The van der Waals surface area contributed by atoms with Crippen LogP contribution in [0.4, 0.5) is 0 Å². The van der Waals surface area contributed by atoms with Crippen molar-refractivity contribution in [1.29, 1.82) is 0 Å². The number of pyridine rings is 1. The lowest BCUT2D eigenvalue weighted by atomic mass is 10.2. The van der Waals surface area contributed by atoms with Crippen molar-refractivity contribution in [2.75, 3.05) is 11.5 Å². The quantitative estimate of drug-likeness (QED) is 0.770. The molecule has 0 aliphatic carbocycles. The molecule has 18 heavy (non-hydrogen) atoms. The zero-order valence-electron chi connectivity index (χ0n) is 9.92. The largest absolute Gasteiger partial charge is 0.348 e. The standard InChI is InChI=1S/C11H14N2O4S/c1-13-4-2-8(6-10(13)14)11(15)12-9-3-5-18(16,17)7-9/h2,4,6,9H,3,5,7H2,1H3,(H,12,15). The molecule has 1 saturated heterocycles. The average Bonchev–Trinajstić information content (AvgIpc) is 2.62. The first-order valence-electron chi connectivity index (χ1n) is 5.55. The van der Waals surface area contributed by atoms with Gasteiger partial charge in [-0.05, 0) is 12.5 Å². The summed E-state index contributed by atoms with van der Waals surface area (Å²) in [5.74, 6) is -0.326. The van der Waals surface area contributed by atoms with E-state index in [0.29, 0.717) is 6.42 Å². The normalized spacial score (nSPS) is 21.7. The van der Waals surface area contributed by atoms with E-state index in [1.54, 1.807) is 7.05 Å². The van der Waals surface area contributed by atoms with E-state index < -0.39 is 15.7 Å². The molecule has 0 radical (unpaired) electrons. The van der Waals surface area contributed by atoms with Crippen LogP contribution in [0.2, 0.25) is 0 Å². The number of rotatable bonds is 2. The molecule has 1 aromatic rings. The minimum Gasteiger partial charge on any atom is -0.348 e. The van der Waals surface area contributed by atoms with Crippen LogP contribution in [0.25, 0.3) is 0 Å². The van der Waals surface area contributed by atoms with E-state index in [-0.39, 0.29) is 28.7 Å². The first-order chi connectivity index (χ1) is 8.37. The smallest absolute Gasteiger partial charge is 0.251 e. The maximum atomic E-state index is 11.8. The number of carbonyl (C=O) groups excluding carboxylic acids is 1. The van der Waals surface area contributed by atoms with Crippen molar-refractivity contribution < 1.29 is 13.2 Å². The summed E-state index contributed by atoms with van der Waals surface area (Å²) in [6.07, 6.45) is 1.93. The van der Waals surface area contributed by atoms with Gasteiger partial charge in [0.15, 0.2) is 9.84 Å². The van der Waals surface area contributed by atoms with Crippen molar-refractivity contribution in [3.8, 4) is 0 Å². The van der Waals surface area contributed by atoms with Gasteiger partial charge in [0.05, 0.1) is 11.5 Å². The van der Waals surface area contributed by atoms with E-state index in [9.17, 15) is 18.0 Å². The van der Waals surface area contributed by atoms with E-state index in [2.05, 4.69) is 5.32 Å². The van der Waals surface area contributed by atoms with Gasteiger partial charge in [0.25, 0.3) is 11.5 Å². The molecule has 1 atom stereocenters. The fraction of sp³-hybridized carbons (Fsp3) is 0.455. The Hall–Kier alpha value is -1.63. The molecule has 0 bridgehead atoms. The van der Waals surface area contributed by atoms with Gasteiger partial charge >= 0.3 is 0 Å². The number of hydrogen-bond donors (Lipinski definition) is 1. The average molecular weight is 270 g/mol. The van der Waals surface area contributed by atoms with E-state index in [0.717, 1.165) is 0 Å². The molecular formula is C11H14N2O4S. The number of aromatic nitrogens is 1. The van der Waals surface area contributed by atoms with Crippen molar-refractivity contribution in [2.24, 2.45) is 7.05 Å². The van der Waals surface area contributed by atoms with Gasteiger partial charge in [-0.2, -0.15) is 0 Å². The van der Waals surface area contributed by atoms with Crippen LogP contribution in [-0.4, -0.2) is 36.4 Å². The van der Waals surface area contributed by atoms with Crippen molar-refractivity contribution in [3.05, 3.63) is 34.2 Å².